The molecule has 0 saturated carbocycles. The van der Waals surface area contributed by atoms with Crippen LogP contribution in [-0.2, 0) is 19.6 Å². The maximum Gasteiger partial charge on any atom is 0.273 e. The molecule has 0 saturated heterocycles. The molecule has 30 heavy (non-hydrogen) atoms. The van der Waals surface area contributed by atoms with Crippen molar-refractivity contribution in [2.45, 2.75) is 40.4 Å². The lowest BCUT2D eigenvalue weighted by molar-refractivity contribution is 0.0944. The molecule has 158 valence electrons. The van der Waals surface area contributed by atoms with Gasteiger partial charge in [0, 0.05) is 19.6 Å². The topological polar surface area (TPSA) is 58.4 Å². The third-order valence-electron chi connectivity index (χ3n) is 4.62. The number of carbonyl (C=O) groups excluding carboxylic acids is 1. The highest BCUT2D eigenvalue weighted by Gasteiger charge is 2.16. The SMILES string of the molecule is Cc1cccc(CN(Cc2ccc(F)cc2)Cc2nc(C(=O)NCC(C)C)co2)c1. The molecular weight excluding hydrogens is 381 g/mol. The Morgan fingerprint density at radius 2 is 1.83 bits per heavy atom. The first-order valence-electron chi connectivity index (χ1n) is 10.1. The molecule has 0 aliphatic carbocycles. The van der Waals surface area contributed by atoms with Gasteiger partial charge in [-0.1, -0.05) is 55.8 Å². The number of hydrogen-bond donors (Lipinski definition) is 1. The number of aryl methyl sites for hydroxylation is 1. The molecule has 1 aromatic heterocycles. The Labute approximate surface area is 176 Å². The summed E-state index contributed by atoms with van der Waals surface area (Å²) >= 11 is 0. The van der Waals surface area contributed by atoms with Crippen LogP contribution < -0.4 is 5.32 Å². The van der Waals surface area contributed by atoms with Crippen molar-refractivity contribution in [1.29, 1.82) is 0 Å². The molecule has 0 bridgehead atoms. The van der Waals surface area contributed by atoms with Gasteiger partial charge in [-0.05, 0) is 36.1 Å². The van der Waals surface area contributed by atoms with E-state index in [4.69, 9.17) is 4.42 Å². The van der Waals surface area contributed by atoms with Crippen LogP contribution in [0.25, 0.3) is 0 Å². The summed E-state index contributed by atoms with van der Waals surface area (Å²) in [5, 5.41) is 2.85. The number of rotatable bonds is 9. The lowest BCUT2D eigenvalue weighted by Crippen LogP contribution is -2.27. The van der Waals surface area contributed by atoms with Crippen LogP contribution in [0.3, 0.4) is 0 Å². The Balaban J connectivity index is 1.73. The summed E-state index contributed by atoms with van der Waals surface area (Å²) < 4.78 is 18.8. The van der Waals surface area contributed by atoms with E-state index in [0.29, 0.717) is 38.0 Å². The second kappa shape index (κ2) is 10.2. The number of nitrogens with one attached hydrogen (secondary N) is 1. The fourth-order valence-electron chi connectivity index (χ4n) is 3.15. The van der Waals surface area contributed by atoms with Gasteiger partial charge in [-0.2, -0.15) is 0 Å². The number of hydrogen-bond acceptors (Lipinski definition) is 4. The predicted octanol–water partition coefficient (Wildman–Crippen LogP) is 4.71. The molecule has 6 heteroatoms. The Morgan fingerprint density at radius 1 is 1.10 bits per heavy atom. The van der Waals surface area contributed by atoms with Gasteiger partial charge >= 0.3 is 0 Å². The number of benzene rings is 2. The van der Waals surface area contributed by atoms with Crippen LogP contribution in [-0.4, -0.2) is 22.3 Å². The van der Waals surface area contributed by atoms with Crippen LogP contribution in [0.5, 0.6) is 0 Å². The zero-order chi connectivity index (χ0) is 21.5. The van der Waals surface area contributed by atoms with E-state index in [1.165, 1.54) is 29.5 Å². The molecule has 0 spiro atoms. The highest BCUT2D eigenvalue weighted by molar-refractivity contribution is 5.91. The van der Waals surface area contributed by atoms with Gasteiger partial charge in [-0.3, -0.25) is 9.69 Å². The van der Waals surface area contributed by atoms with E-state index in [9.17, 15) is 9.18 Å². The molecule has 5 nitrogen and oxygen atoms in total. The zero-order valence-electron chi connectivity index (χ0n) is 17.7. The van der Waals surface area contributed by atoms with Crippen LogP contribution in [0, 0.1) is 18.7 Å². The van der Waals surface area contributed by atoms with Gasteiger partial charge in [0.05, 0.1) is 6.54 Å². The number of aromatic nitrogens is 1. The number of nitrogens with zero attached hydrogens (tertiary/aromatic N) is 2. The average Bonchev–Trinajstić information content (AvgIpc) is 3.16. The Kier molecular flexibility index (Phi) is 7.36. The maximum atomic E-state index is 13.3. The molecular formula is C24H28FN3O2. The monoisotopic (exact) mass is 409 g/mol. The van der Waals surface area contributed by atoms with Crippen molar-refractivity contribution in [3.05, 3.63) is 88.9 Å². The summed E-state index contributed by atoms with van der Waals surface area (Å²) in [5.41, 5.74) is 3.63. The minimum absolute atomic E-state index is 0.234. The van der Waals surface area contributed by atoms with Crippen molar-refractivity contribution in [2.24, 2.45) is 5.92 Å². The van der Waals surface area contributed by atoms with Gasteiger partial charge in [0.2, 0.25) is 5.89 Å². The fraction of sp³-hybridized carbons (Fsp3) is 0.333. The van der Waals surface area contributed by atoms with E-state index in [1.807, 2.05) is 19.9 Å². The van der Waals surface area contributed by atoms with E-state index in [1.54, 1.807) is 12.1 Å². The van der Waals surface area contributed by atoms with E-state index in [2.05, 4.69) is 40.3 Å². The zero-order valence-corrected chi connectivity index (χ0v) is 17.7. The minimum Gasteiger partial charge on any atom is -0.447 e. The van der Waals surface area contributed by atoms with Crippen molar-refractivity contribution in [1.82, 2.24) is 15.2 Å². The lowest BCUT2D eigenvalue weighted by atomic mass is 10.1. The molecule has 3 rings (SSSR count). The molecule has 2 aromatic carbocycles. The quantitative estimate of drug-likeness (QED) is 0.556. The van der Waals surface area contributed by atoms with E-state index in [0.717, 1.165) is 5.56 Å². The summed E-state index contributed by atoms with van der Waals surface area (Å²) in [6, 6.07) is 14.8. The third kappa shape index (κ3) is 6.52. The summed E-state index contributed by atoms with van der Waals surface area (Å²) in [7, 11) is 0. The number of carbonyl (C=O) groups is 1. The largest absolute Gasteiger partial charge is 0.447 e. The highest BCUT2D eigenvalue weighted by Crippen LogP contribution is 2.16. The lowest BCUT2D eigenvalue weighted by Gasteiger charge is -2.21. The standard InChI is InChI=1S/C24H28FN3O2/c1-17(2)12-26-24(29)22-16-30-23(27-22)15-28(13-19-7-9-21(25)10-8-19)14-20-6-4-5-18(3)11-20/h4-11,16-17H,12-15H2,1-3H3,(H,26,29). The summed E-state index contributed by atoms with van der Waals surface area (Å²) in [4.78, 5) is 18.7. The van der Waals surface area contributed by atoms with E-state index in [-0.39, 0.29) is 17.4 Å². The first-order valence-corrected chi connectivity index (χ1v) is 10.1. The van der Waals surface area contributed by atoms with Crippen molar-refractivity contribution in [2.75, 3.05) is 6.54 Å². The third-order valence-corrected chi connectivity index (χ3v) is 4.62. The summed E-state index contributed by atoms with van der Waals surface area (Å²) in [5.74, 6) is 0.344. The van der Waals surface area contributed by atoms with Crippen LogP contribution in [0.4, 0.5) is 4.39 Å². The van der Waals surface area contributed by atoms with Gasteiger partial charge in [-0.15, -0.1) is 0 Å². The number of amides is 1. The molecule has 0 unspecified atom stereocenters. The predicted molar refractivity (Wildman–Crippen MR) is 114 cm³/mol. The summed E-state index contributed by atoms with van der Waals surface area (Å²) in [6.45, 7) is 8.43. The normalized spacial score (nSPS) is 11.3. The number of halogens is 1. The maximum absolute atomic E-state index is 13.3. The van der Waals surface area contributed by atoms with Crippen molar-refractivity contribution < 1.29 is 13.6 Å². The first-order chi connectivity index (χ1) is 14.4. The highest BCUT2D eigenvalue weighted by atomic mass is 19.1. The molecule has 0 atom stereocenters. The van der Waals surface area contributed by atoms with Crippen molar-refractivity contribution in [3.63, 3.8) is 0 Å². The van der Waals surface area contributed by atoms with E-state index >= 15 is 0 Å². The molecule has 0 fully saturated rings. The second-order valence-electron chi connectivity index (χ2n) is 7.99. The summed E-state index contributed by atoms with van der Waals surface area (Å²) in [6.07, 6.45) is 1.40. The molecule has 0 aliphatic rings. The van der Waals surface area contributed by atoms with Gasteiger partial charge in [-0.25, -0.2) is 9.37 Å². The van der Waals surface area contributed by atoms with Crippen LogP contribution in [0.15, 0.2) is 59.2 Å². The molecule has 1 amide bonds. The van der Waals surface area contributed by atoms with Gasteiger partial charge in [0.15, 0.2) is 5.69 Å². The Hall–Kier alpha value is -2.99. The first kappa shape index (κ1) is 21.7. The van der Waals surface area contributed by atoms with Gasteiger partial charge in [0.25, 0.3) is 5.91 Å². The smallest absolute Gasteiger partial charge is 0.273 e. The molecule has 0 aliphatic heterocycles. The van der Waals surface area contributed by atoms with Gasteiger partial charge < -0.3 is 9.73 Å². The van der Waals surface area contributed by atoms with E-state index < -0.39 is 0 Å². The van der Waals surface area contributed by atoms with Crippen molar-refractivity contribution in [3.8, 4) is 0 Å². The average molecular weight is 410 g/mol. The molecule has 1 N–H and O–H groups in total. The molecule has 3 aromatic rings. The molecule has 0 radical (unpaired) electrons. The fourth-order valence-corrected chi connectivity index (χ4v) is 3.15. The van der Waals surface area contributed by atoms with Crippen molar-refractivity contribution >= 4 is 5.91 Å². The second-order valence-corrected chi connectivity index (χ2v) is 7.99. The van der Waals surface area contributed by atoms with Crippen LogP contribution in [0.2, 0.25) is 0 Å². The van der Waals surface area contributed by atoms with Crippen LogP contribution >= 0.6 is 0 Å². The number of oxazole rings is 1. The van der Waals surface area contributed by atoms with Gasteiger partial charge in [0.1, 0.15) is 12.1 Å². The van der Waals surface area contributed by atoms with Crippen LogP contribution in [0.1, 0.15) is 46.9 Å². The Morgan fingerprint density at radius 3 is 2.53 bits per heavy atom. The molecule has 1 heterocycles. The Bertz CT molecular complexity index is 967. The minimum atomic E-state index is -0.256.